The van der Waals surface area contributed by atoms with E-state index in [-0.39, 0.29) is 0 Å². The predicted octanol–water partition coefficient (Wildman–Crippen LogP) is 2.77. The van der Waals surface area contributed by atoms with E-state index in [2.05, 4.69) is 35.9 Å². The van der Waals surface area contributed by atoms with Crippen LogP contribution in [-0.2, 0) is 0 Å². The maximum absolute atomic E-state index is 4.38. The maximum atomic E-state index is 4.38. The zero-order valence-corrected chi connectivity index (χ0v) is 7.53. The Bertz CT molecular complexity index is 233. The lowest BCUT2D eigenvalue weighted by Gasteiger charge is -2.12. The average molecular weight is 161 g/mol. The molecule has 0 saturated heterocycles. The number of rotatable bonds is 3. The van der Waals surface area contributed by atoms with Gasteiger partial charge in [0.1, 0.15) is 0 Å². The second-order valence-electron chi connectivity index (χ2n) is 2.76. The van der Waals surface area contributed by atoms with E-state index >= 15 is 0 Å². The molecule has 0 aromatic rings. The fourth-order valence-electron chi connectivity index (χ4n) is 1.32. The van der Waals surface area contributed by atoms with E-state index < -0.39 is 0 Å². The molecule has 0 amide bonds. The monoisotopic (exact) mass is 161 g/mol. The summed E-state index contributed by atoms with van der Waals surface area (Å²) in [7, 11) is 0. The minimum atomic E-state index is 0.451. The van der Waals surface area contributed by atoms with Gasteiger partial charge in [0.05, 0.1) is 0 Å². The van der Waals surface area contributed by atoms with Gasteiger partial charge in [-0.3, -0.25) is 4.99 Å². The Morgan fingerprint density at radius 2 is 2.50 bits per heavy atom. The van der Waals surface area contributed by atoms with Gasteiger partial charge in [-0.15, -0.1) is 0 Å². The summed E-state index contributed by atoms with van der Waals surface area (Å²) >= 11 is 0. The summed E-state index contributed by atoms with van der Waals surface area (Å²) in [4.78, 5) is 4.38. The van der Waals surface area contributed by atoms with Crippen molar-refractivity contribution in [3.63, 3.8) is 0 Å². The van der Waals surface area contributed by atoms with Gasteiger partial charge in [-0.25, -0.2) is 0 Å². The van der Waals surface area contributed by atoms with Crippen LogP contribution in [0.4, 0.5) is 0 Å². The van der Waals surface area contributed by atoms with Gasteiger partial charge in [0.15, 0.2) is 0 Å². The molecule has 0 radical (unpaired) electrons. The summed E-state index contributed by atoms with van der Waals surface area (Å²) in [5, 5.41) is 0. The lowest BCUT2D eigenvalue weighted by molar-refractivity contribution is 0.863. The van der Waals surface area contributed by atoms with Crippen molar-refractivity contribution in [1.82, 2.24) is 0 Å². The third kappa shape index (κ3) is 2.19. The molecule has 1 aliphatic carbocycles. The summed E-state index contributed by atoms with van der Waals surface area (Å²) < 4.78 is 0. The molecule has 0 saturated carbocycles. The second-order valence-corrected chi connectivity index (χ2v) is 2.76. The SMILES string of the molecule is C=CC(=NCC)C1C=CC=CC1. The first kappa shape index (κ1) is 8.98. The van der Waals surface area contributed by atoms with Gasteiger partial charge in [-0.2, -0.15) is 0 Å². The van der Waals surface area contributed by atoms with E-state index in [0.29, 0.717) is 5.92 Å². The number of hydrogen-bond donors (Lipinski definition) is 0. The van der Waals surface area contributed by atoms with E-state index in [0.717, 1.165) is 18.7 Å². The fraction of sp³-hybridized carbons (Fsp3) is 0.364. The third-order valence-electron chi connectivity index (χ3n) is 1.91. The Morgan fingerprint density at radius 1 is 1.67 bits per heavy atom. The normalized spacial score (nSPS) is 22.8. The van der Waals surface area contributed by atoms with Gasteiger partial charge in [0.2, 0.25) is 0 Å². The standard InChI is InChI=1S/C11H15N/c1-3-11(12-4-2)10-8-6-5-7-9-10/h3,5-8,10H,1,4,9H2,2H3. The highest BCUT2D eigenvalue weighted by molar-refractivity contribution is 5.97. The van der Waals surface area contributed by atoms with E-state index in [1.807, 2.05) is 13.0 Å². The molecule has 1 aliphatic rings. The molecule has 1 atom stereocenters. The van der Waals surface area contributed by atoms with Gasteiger partial charge in [0, 0.05) is 18.2 Å². The van der Waals surface area contributed by atoms with Crippen molar-refractivity contribution in [3.05, 3.63) is 37.0 Å². The van der Waals surface area contributed by atoms with E-state index in [4.69, 9.17) is 0 Å². The van der Waals surface area contributed by atoms with Gasteiger partial charge in [-0.05, 0) is 19.4 Å². The zero-order chi connectivity index (χ0) is 8.81. The molecule has 0 N–H and O–H groups in total. The van der Waals surface area contributed by atoms with Crippen LogP contribution >= 0.6 is 0 Å². The summed E-state index contributed by atoms with van der Waals surface area (Å²) in [6, 6.07) is 0. The van der Waals surface area contributed by atoms with Crippen LogP contribution in [0.3, 0.4) is 0 Å². The zero-order valence-electron chi connectivity index (χ0n) is 7.53. The maximum Gasteiger partial charge on any atom is 0.0414 e. The molecule has 0 aromatic carbocycles. The van der Waals surface area contributed by atoms with Gasteiger partial charge in [-0.1, -0.05) is 30.9 Å². The predicted molar refractivity (Wildman–Crippen MR) is 54.6 cm³/mol. The minimum absolute atomic E-state index is 0.451. The number of aliphatic imine (C=N–C) groups is 1. The van der Waals surface area contributed by atoms with Crippen molar-refractivity contribution in [2.75, 3.05) is 6.54 Å². The molecule has 0 bridgehead atoms. The quantitative estimate of drug-likeness (QED) is 0.564. The Hall–Kier alpha value is -1.11. The molecule has 0 aliphatic heterocycles. The van der Waals surface area contributed by atoms with Gasteiger partial charge in [0.25, 0.3) is 0 Å². The van der Waals surface area contributed by atoms with Crippen LogP contribution in [-0.4, -0.2) is 12.3 Å². The molecule has 1 nitrogen and oxygen atoms in total. The molecular weight excluding hydrogens is 146 g/mol. The van der Waals surface area contributed by atoms with Crippen molar-refractivity contribution in [1.29, 1.82) is 0 Å². The summed E-state index contributed by atoms with van der Waals surface area (Å²) in [5.74, 6) is 0.451. The number of allylic oxidation sites excluding steroid dienone is 5. The van der Waals surface area contributed by atoms with E-state index in [9.17, 15) is 0 Å². The number of hydrogen-bond acceptors (Lipinski definition) is 1. The van der Waals surface area contributed by atoms with Crippen LogP contribution in [0.1, 0.15) is 13.3 Å². The van der Waals surface area contributed by atoms with Gasteiger partial charge >= 0.3 is 0 Å². The summed E-state index contributed by atoms with van der Waals surface area (Å²) in [6.07, 6.45) is 11.4. The molecule has 1 heteroatoms. The second kappa shape index (κ2) is 4.70. The topological polar surface area (TPSA) is 12.4 Å². The van der Waals surface area contributed by atoms with Crippen LogP contribution in [0.15, 0.2) is 42.0 Å². The van der Waals surface area contributed by atoms with Crippen LogP contribution in [0.5, 0.6) is 0 Å². The van der Waals surface area contributed by atoms with Crippen molar-refractivity contribution in [2.24, 2.45) is 10.9 Å². The molecular formula is C11H15N. The van der Waals surface area contributed by atoms with E-state index in [1.165, 1.54) is 0 Å². The minimum Gasteiger partial charge on any atom is -0.289 e. The lowest BCUT2D eigenvalue weighted by Crippen LogP contribution is -2.10. The van der Waals surface area contributed by atoms with Crippen LogP contribution < -0.4 is 0 Å². The molecule has 12 heavy (non-hydrogen) atoms. The average Bonchev–Trinajstić information content (AvgIpc) is 2.15. The smallest absolute Gasteiger partial charge is 0.0414 e. The molecule has 0 heterocycles. The molecule has 0 aromatic heterocycles. The Balaban J connectivity index is 2.67. The molecule has 1 unspecified atom stereocenters. The van der Waals surface area contributed by atoms with Crippen molar-refractivity contribution in [2.45, 2.75) is 13.3 Å². The highest BCUT2D eigenvalue weighted by atomic mass is 14.7. The Labute approximate surface area is 74.2 Å². The Kier molecular flexibility index (Phi) is 3.52. The lowest BCUT2D eigenvalue weighted by atomic mass is 9.95. The van der Waals surface area contributed by atoms with Gasteiger partial charge < -0.3 is 0 Å². The van der Waals surface area contributed by atoms with Crippen molar-refractivity contribution in [3.8, 4) is 0 Å². The largest absolute Gasteiger partial charge is 0.289 e. The first-order chi connectivity index (χ1) is 5.88. The summed E-state index contributed by atoms with van der Waals surface area (Å²) in [6.45, 7) is 6.66. The molecule has 64 valence electrons. The van der Waals surface area contributed by atoms with Crippen molar-refractivity contribution >= 4 is 5.71 Å². The van der Waals surface area contributed by atoms with Crippen LogP contribution in [0.2, 0.25) is 0 Å². The first-order valence-corrected chi connectivity index (χ1v) is 4.38. The van der Waals surface area contributed by atoms with Crippen LogP contribution in [0.25, 0.3) is 0 Å². The first-order valence-electron chi connectivity index (χ1n) is 4.38. The van der Waals surface area contributed by atoms with Crippen molar-refractivity contribution < 1.29 is 0 Å². The molecule has 0 fully saturated rings. The number of nitrogens with zero attached hydrogens (tertiary/aromatic N) is 1. The van der Waals surface area contributed by atoms with E-state index in [1.54, 1.807) is 0 Å². The third-order valence-corrected chi connectivity index (χ3v) is 1.91. The van der Waals surface area contributed by atoms with Crippen LogP contribution in [0, 0.1) is 5.92 Å². The molecule has 0 spiro atoms. The fourth-order valence-corrected chi connectivity index (χ4v) is 1.32. The molecule has 1 rings (SSSR count). The summed E-state index contributed by atoms with van der Waals surface area (Å²) in [5.41, 5.74) is 1.11. The highest BCUT2D eigenvalue weighted by Crippen LogP contribution is 2.14. The Morgan fingerprint density at radius 3 is 3.00 bits per heavy atom. The highest BCUT2D eigenvalue weighted by Gasteiger charge is 2.08.